The Hall–Kier alpha value is -2.64. The predicted octanol–water partition coefficient (Wildman–Crippen LogP) is 1.24. The summed E-state index contributed by atoms with van der Waals surface area (Å²) in [7, 11) is 0. The van der Waals surface area contributed by atoms with Crippen molar-refractivity contribution in [1.29, 1.82) is 0 Å². The average molecular weight is 347 g/mol. The minimum absolute atomic E-state index is 0.00921. The Labute approximate surface area is 143 Å². The van der Waals surface area contributed by atoms with Gasteiger partial charge in [-0.05, 0) is 17.7 Å². The van der Waals surface area contributed by atoms with E-state index in [9.17, 15) is 9.59 Å². The Bertz CT molecular complexity index is 798. The van der Waals surface area contributed by atoms with E-state index >= 15 is 0 Å². The van der Waals surface area contributed by atoms with Gasteiger partial charge >= 0.3 is 0 Å². The maximum Gasteiger partial charge on any atom is 0.277 e. The lowest BCUT2D eigenvalue weighted by atomic mass is 10.2. The number of rotatable bonds is 6. The van der Waals surface area contributed by atoms with Crippen molar-refractivity contribution in [1.82, 2.24) is 14.7 Å². The van der Waals surface area contributed by atoms with E-state index in [0.717, 1.165) is 10.5 Å². The molecule has 0 bridgehead atoms. The summed E-state index contributed by atoms with van der Waals surface area (Å²) in [5, 5.41) is 16.5. The highest BCUT2D eigenvalue weighted by molar-refractivity contribution is 6.30. The number of aromatic nitrogens is 2. The number of carbonyl (C=O) groups is 2. The predicted molar refractivity (Wildman–Crippen MR) is 88.3 cm³/mol. The minimum atomic E-state index is -0.440. The first kappa shape index (κ1) is 16.2. The van der Waals surface area contributed by atoms with Crippen LogP contribution in [-0.4, -0.2) is 44.8 Å². The summed E-state index contributed by atoms with van der Waals surface area (Å²) >= 11 is 5.83. The van der Waals surface area contributed by atoms with Crippen molar-refractivity contribution < 1.29 is 14.7 Å². The SMILES string of the molecule is O=C1C=C(Nc2ccc(Cn3cc(Cl)cn3)cc2)C(=O)N1CCO. The van der Waals surface area contributed by atoms with E-state index in [1.807, 2.05) is 24.3 Å². The number of carbonyl (C=O) groups excluding carboxylic acids is 2. The Morgan fingerprint density at radius 3 is 2.58 bits per heavy atom. The Morgan fingerprint density at radius 1 is 1.21 bits per heavy atom. The average Bonchev–Trinajstić information content (AvgIpc) is 3.08. The summed E-state index contributed by atoms with van der Waals surface area (Å²) in [4.78, 5) is 24.7. The Morgan fingerprint density at radius 2 is 1.96 bits per heavy atom. The normalized spacial score (nSPS) is 14.2. The van der Waals surface area contributed by atoms with Gasteiger partial charge in [-0.2, -0.15) is 5.10 Å². The van der Waals surface area contributed by atoms with Crippen LogP contribution in [0.2, 0.25) is 5.02 Å². The van der Waals surface area contributed by atoms with Gasteiger partial charge in [0, 0.05) is 18.0 Å². The summed E-state index contributed by atoms with van der Waals surface area (Å²) in [5.74, 6) is -0.868. The van der Waals surface area contributed by atoms with Crippen LogP contribution >= 0.6 is 11.6 Å². The van der Waals surface area contributed by atoms with Crippen molar-refractivity contribution in [3.05, 3.63) is 59.0 Å². The first-order valence-corrected chi connectivity index (χ1v) is 7.67. The number of aliphatic hydroxyl groups excluding tert-OH is 1. The molecule has 1 aliphatic rings. The Kier molecular flexibility index (Phi) is 4.64. The van der Waals surface area contributed by atoms with Crippen LogP contribution in [0.1, 0.15) is 5.56 Å². The fourth-order valence-electron chi connectivity index (χ4n) is 2.37. The van der Waals surface area contributed by atoms with Crippen LogP contribution in [0, 0.1) is 0 Å². The third-order valence-electron chi connectivity index (χ3n) is 3.51. The number of amides is 2. The van der Waals surface area contributed by atoms with Gasteiger partial charge in [0.15, 0.2) is 0 Å². The second kappa shape index (κ2) is 6.86. The first-order chi connectivity index (χ1) is 11.6. The fraction of sp³-hybridized carbons (Fsp3) is 0.188. The topological polar surface area (TPSA) is 87.5 Å². The minimum Gasteiger partial charge on any atom is -0.395 e. The summed E-state index contributed by atoms with van der Waals surface area (Å²) in [6, 6.07) is 7.41. The van der Waals surface area contributed by atoms with Crippen LogP contribution in [0.15, 0.2) is 48.4 Å². The molecule has 1 aliphatic heterocycles. The smallest absolute Gasteiger partial charge is 0.277 e. The van der Waals surface area contributed by atoms with E-state index in [-0.39, 0.29) is 18.8 Å². The molecule has 2 heterocycles. The van der Waals surface area contributed by atoms with Gasteiger partial charge in [-0.25, -0.2) is 0 Å². The molecule has 1 aromatic heterocycles. The van der Waals surface area contributed by atoms with Crippen molar-refractivity contribution >= 4 is 29.1 Å². The Balaban J connectivity index is 1.65. The molecule has 2 aromatic rings. The van der Waals surface area contributed by atoms with Gasteiger partial charge in [0.1, 0.15) is 5.70 Å². The molecule has 0 unspecified atom stereocenters. The lowest BCUT2D eigenvalue weighted by Crippen LogP contribution is -2.34. The largest absolute Gasteiger partial charge is 0.395 e. The fourth-order valence-corrected chi connectivity index (χ4v) is 2.53. The number of β-amino-alcohol motifs (C(OH)–C–C–N with tert-alkyl or cyclic N) is 1. The lowest BCUT2D eigenvalue weighted by Gasteiger charge is -2.13. The molecule has 2 N–H and O–H groups in total. The van der Waals surface area contributed by atoms with Crippen LogP contribution in [0.3, 0.4) is 0 Å². The van der Waals surface area contributed by atoms with E-state index in [0.29, 0.717) is 17.3 Å². The van der Waals surface area contributed by atoms with Crippen molar-refractivity contribution in [2.45, 2.75) is 6.54 Å². The van der Waals surface area contributed by atoms with Crippen molar-refractivity contribution in [3.63, 3.8) is 0 Å². The number of nitrogens with zero attached hydrogens (tertiary/aromatic N) is 3. The molecular weight excluding hydrogens is 332 g/mol. The second-order valence-electron chi connectivity index (χ2n) is 5.25. The van der Waals surface area contributed by atoms with Gasteiger partial charge in [-0.15, -0.1) is 0 Å². The van der Waals surface area contributed by atoms with Crippen molar-refractivity contribution in [2.75, 3.05) is 18.5 Å². The number of benzene rings is 1. The molecule has 0 fully saturated rings. The van der Waals surface area contributed by atoms with E-state index in [2.05, 4.69) is 10.4 Å². The van der Waals surface area contributed by atoms with Gasteiger partial charge in [-0.1, -0.05) is 23.7 Å². The summed E-state index contributed by atoms with van der Waals surface area (Å²) in [5.41, 5.74) is 1.90. The number of aliphatic hydroxyl groups is 1. The molecule has 7 nitrogen and oxygen atoms in total. The van der Waals surface area contributed by atoms with Crippen LogP contribution in [0.4, 0.5) is 5.69 Å². The molecule has 0 spiro atoms. The zero-order chi connectivity index (χ0) is 17.1. The van der Waals surface area contributed by atoms with Gasteiger partial charge in [-0.3, -0.25) is 19.2 Å². The molecular formula is C16H15ClN4O3. The molecule has 2 amide bonds. The molecule has 124 valence electrons. The zero-order valence-electron chi connectivity index (χ0n) is 12.6. The molecule has 3 rings (SSSR count). The summed E-state index contributed by atoms with van der Waals surface area (Å²) in [6.45, 7) is 0.312. The number of imide groups is 1. The summed E-state index contributed by atoms with van der Waals surface area (Å²) in [6.07, 6.45) is 4.54. The number of hydrogen-bond donors (Lipinski definition) is 2. The lowest BCUT2D eigenvalue weighted by molar-refractivity contribution is -0.137. The van der Waals surface area contributed by atoms with E-state index in [1.165, 1.54) is 6.08 Å². The van der Waals surface area contributed by atoms with Gasteiger partial charge < -0.3 is 10.4 Å². The number of nitrogens with one attached hydrogen (secondary N) is 1. The van der Waals surface area contributed by atoms with Gasteiger partial charge in [0.2, 0.25) is 0 Å². The third-order valence-corrected chi connectivity index (χ3v) is 3.71. The molecule has 0 aliphatic carbocycles. The molecule has 0 saturated heterocycles. The van der Waals surface area contributed by atoms with Gasteiger partial charge in [0.25, 0.3) is 11.8 Å². The number of anilines is 1. The highest BCUT2D eigenvalue weighted by Gasteiger charge is 2.30. The maximum absolute atomic E-state index is 12.1. The van der Waals surface area contributed by atoms with Crippen molar-refractivity contribution in [3.8, 4) is 0 Å². The van der Waals surface area contributed by atoms with Crippen LogP contribution in [-0.2, 0) is 16.1 Å². The first-order valence-electron chi connectivity index (χ1n) is 7.29. The molecule has 1 aromatic carbocycles. The summed E-state index contributed by atoms with van der Waals surface area (Å²) < 4.78 is 1.72. The highest BCUT2D eigenvalue weighted by Crippen LogP contribution is 2.18. The van der Waals surface area contributed by atoms with Gasteiger partial charge in [0.05, 0.1) is 30.9 Å². The van der Waals surface area contributed by atoms with E-state index < -0.39 is 11.8 Å². The van der Waals surface area contributed by atoms with E-state index in [4.69, 9.17) is 16.7 Å². The third kappa shape index (κ3) is 3.47. The van der Waals surface area contributed by atoms with Crippen LogP contribution < -0.4 is 5.32 Å². The van der Waals surface area contributed by atoms with Crippen LogP contribution in [0.5, 0.6) is 0 Å². The molecule has 0 radical (unpaired) electrons. The van der Waals surface area contributed by atoms with Crippen LogP contribution in [0.25, 0.3) is 0 Å². The highest BCUT2D eigenvalue weighted by atomic mass is 35.5. The molecule has 24 heavy (non-hydrogen) atoms. The molecule has 0 atom stereocenters. The quantitative estimate of drug-likeness (QED) is 0.768. The number of halogens is 1. The molecule has 0 saturated carbocycles. The zero-order valence-corrected chi connectivity index (χ0v) is 13.4. The maximum atomic E-state index is 12.1. The standard InChI is InChI=1S/C16H15ClN4O3/c17-12-8-18-20(10-12)9-11-1-3-13(4-2-11)19-14-7-15(23)21(5-6-22)16(14)24/h1-4,7-8,10,19,22H,5-6,9H2. The number of hydrogen-bond acceptors (Lipinski definition) is 5. The molecule has 8 heteroatoms. The van der Waals surface area contributed by atoms with Crippen molar-refractivity contribution in [2.24, 2.45) is 0 Å². The van der Waals surface area contributed by atoms with E-state index in [1.54, 1.807) is 17.1 Å². The second-order valence-corrected chi connectivity index (χ2v) is 5.69. The monoisotopic (exact) mass is 346 g/mol.